The lowest BCUT2D eigenvalue weighted by Gasteiger charge is -2.22. The maximum absolute atomic E-state index is 13.1. The molecule has 0 fully saturated rings. The first kappa shape index (κ1) is 22.0. The third-order valence-electron chi connectivity index (χ3n) is 3.78. The van der Waals surface area contributed by atoms with Crippen LogP contribution in [0, 0.1) is 5.92 Å². The molecule has 26 heavy (non-hydrogen) atoms. The first-order chi connectivity index (χ1) is 12.1. The van der Waals surface area contributed by atoms with Gasteiger partial charge < -0.3 is 9.47 Å². The minimum atomic E-state index is -4.73. The van der Waals surface area contributed by atoms with Gasteiger partial charge in [0, 0.05) is 5.56 Å². The summed E-state index contributed by atoms with van der Waals surface area (Å²) in [5.74, 6) is -1.58. The van der Waals surface area contributed by atoms with Crippen LogP contribution in [0.3, 0.4) is 0 Å². The Balaban J connectivity index is 2.60. The summed E-state index contributed by atoms with van der Waals surface area (Å²) in [6, 6.07) is 6.89. The fourth-order valence-corrected chi connectivity index (χ4v) is 2.39. The molecule has 0 radical (unpaired) electrons. The molecule has 146 valence electrons. The Morgan fingerprint density at radius 3 is 2.00 bits per heavy atom. The van der Waals surface area contributed by atoms with Crippen molar-refractivity contribution in [3.05, 3.63) is 35.9 Å². The van der Waals surface area contributed by atoms with Gasteiger partial charge in [-0.2, -0.15) is 13.2 Å². The number of halogens is 3. The molecule has 0 aliphatic heterocycles. The van der Waals surface area contributed by atoms with Crippen LogP contribution >= 0.6 is 0 Å². The van der Waals surface area contributed by atoms with Crippen molar-refractivity contribution >= 4 is 11.9 Å². The zero-order chi connectivity index (χ0) is 19.7. The number of hydrogen-bond acceptors (Lipinski definition) is 4. The fraction of sp³-hybridized carbons (Fsp3) is 0.579. The molecule has 0 aliphatic carbocycles. The van der Waals surface area contributed by atoms with Crippen molar-refractivity contribution in [3.8, 4) is 0 Å². The maximum atomic E-state index is 13.1. The Labute approximate surface area is 151 Å². The Bertz CT molecular complexity index is 570. The first-order valence-corrected chi connectivity index (χ1v) is 8.65. The number of rotatable bonds is 9. The van der Waals surface area contributed by atoms with Crippen LogP contribution in [0.25, 0.3) is 0 Å². The summed E-state index contributed by atoms with van der Waals surface area (Å²) in [5, 5.41) is 0. The lowest BCUT2D eigenvalue weighted by molar-refractivity contribution is -0.224. The van der Waals surface area contributed by atoms with Crippen molar-refractivity contribution in [3.63, 3.8) is 0 Å². The summed E-state index contributed by atoms with van der Waals surface area (Å²) in [6.07, 6.45) is -6.60. The zero-order valence-electron chi connectivity index (χ0n) is 15.2. The number of esters is 2. The molecular formula is C19H25F3O4. The van der Waals surface area contributed by atoms with Crippen molar-refractivity contribution in [1.82, 2.24) is 0 Å². The predicted molar refractivity (Wildman–Crippen MR) is 90.2 cm³/mol. The average Bonchev–Trinajstić information content (AvgIpc) is 2.57. The topological polar surface area (TPSA) is 52.6 Å². The van der Waals surface area contributed by atoms with E-state index in [1.165, 1.54) is 24.3 Å². The number of ether oxygens (including phenoxy) is 2. The first-order valence-electron chi connectivity index (χ1n) is 8.65. The van der Waals surface area contributed by atoms with E-state index < -0.39 is 30.6 Å². The molecule has 0 amide bonds. The molecule has 2 unspecified atom stereocenters. The highest BCUT2D eigenvalue weighted by molar-refractivity contribution is 5.77. The molecule has 0 aliphatic rings. The molecule has 1 aromatic carbocycles. The number of hydrogen-bond donors (Lipinski definition) is 0. The van der Waals surface area contributed by atoms with Crippen LogP contribution in [0.15, 0.2) is 30.3 Å². The number of benzene rings is 1. The summed E-state index contributed by atoms with van der Waals surface area (Å²) >= 11 is 0. The summed E-state index contributed by atoms with van der Waals surface area (Å²) in [6.45, 7) is 5.78. The molecular weight excluding hydrogens is 349 g/mol. The van der Waals surface area contributed by atoms with Crippen LogP contribution in [0.1, 0.15) is 58.1 Å². The van der Waals surface area contributed by atoms with Crippen LogP contribution in [0.4, 0.5) is 13.2 Å². The molecule has 1 rings (SSSR count). The largest absolute Gasteiger partial charge is 0.462 e. The van der Waals surface area contributed by atoms with E-state index in [4.69, 9.17) is 4.74 Å². The maximum Gasteiger partial charge on any atom is 0.429 e. The second-order valence-corrected chi connectivity index (χ2v) is 6.38. The van der Waals surface area contributed by atoms with Crippen molar-refractivity contribution in [2.45, 2.75) is 64.8 Å². The normalized spacial score (nSPS) is 14.0. The fourth-order valence-electron chi connectivity index (χ4n) is 2.39. The van der Waals surface area contributed by atoms with Gasteiger partial charge in [-0.25, -0.2) is 0 Å². The molecule has 0 saturated carbocycles. The molecule has 0 N–H and O–H groups in total. The van der Waals surface area contributed by atoms with Gasteiger partial charge in [-0.1, -0.05) is 57.5 Å². The lowest BCUT2D eigenvalue weighted by atomic mass is 10.0. The minimum Gasteiger partial charge on any atom is -0.462 e. The SMILES string of the molecule is CCCC(OC(=O)CCC(=O)OC(c1ccccc1)C(F)(F)F)C(C)C. The Morgan fingerprint density at radius 2 is 1.54 bits per heavy atom. The molecule has 7 heteroatoms. The Hall–Kier alpha value is -2.05. The van der Waals surface area contributed by atoms with Gasteiger partial charge in [-0.05, 0) is 12.3 Å². The van der Waals surface area contributed by atoms with Gasteiger partial charge in [0.25, 0.3) is 0 Å². The van der Waals surface area contributed by atoms with Gasteiger partial charge >= 0.3 is 18.1 Å². The van der Waals surface area contributed by atoms with E-state index >= 15 is 0 Å². The van der Waals surface area contributed by atoms with Crippen molar-refractivity contribution in [2.24, 2.45) is 5.92 Å². The average molecular weight is 374 g/mol. The summed E-state index contributed by atoms with van der Waals surface area (Å²) in [4.78, 5) is 23.6. The van der Waals surface area contributed by atoms with E-state index in [-0.39, 0.29) is 24.0 Å². The van der Waals surface area contributed by atoms with Gasteiger partial charge in [0.05, 0.1) is 12.8 Å². The highest BCUT2D eigenvalue weighted by Gasteiger charge is 2.44. The van der Waals surface area contributed by atoms with Crippen LogP contribution in [-0.2, 0) is 19.1 Å². The van der Waals surface area contributed by atoms with Gasteiger partial charge in [-0.15, -0.1) is 0 Å². The van der Waals surface area contributed by atoms with Crippen LogP contribution in [0.5, 0.6) is 0 Å². The molecule has 0 heterocycles. The quantitative estimate of drug-likeness (QED) is 0.572. The van der Waals surface area contributed by atoms with Crippen molar-refractivity contribution < 1.29 is 32.2 Å². The van der Waals surface area contributed by atoms with E-state index in [0.717, 1.165) is 6.42 Å². The second-order valence-electron chi connectivity index (χ2n) is 6.38. The van der Waals surface area contributed by atoms with Crippen LogP contribution in [0.2, 0.25) is 0 Å². The molecule has 1 aromatic rings. The van der Waals surface area contributed by atoms with Gasteiger partial charge in [-0.3, -0.25) is 9.59 Å². The highest BCUT2D eigenvalue weighted by atomic mass is 19.4. The van der Waals surface area contributed by atoms with Gasteiger partial charge in [0.15, 0.2) is 0 Å². The molecule has 0 bridgehead atoms. The minimum absolute atomic E-state index is 0.124. The van der Waals surface area contributed by atoms with E-state index in [1.54, 1.807) is 6.07 Å². The van der Waals surface area contributed by atoms with Crippen molar-refractivity contribution in [2.75, 3.05) is 0 Å². The third kappa shape index (κ3) is 7.45. The van der Waals surface area contributed by atoms with E-state index in [1.807, 2.05) is 20.8 Å². The van der Waals surface area contributed by atoms with Gasteiger partial charge in [0.1, 0.15) is 6.10 Å². The van der Waals surface area contributed by atoms with E-state index in [2.05, 4.69) is 4.74 Å². The smallest absolute Gasteiger partial charge is 0.429 e. The van der Waals surface area contributed by atoms with Crippen LogP contribution in [-0.4, -0.2) is 24.2 Å². The second kappa shape index (κ2) is 10.2. The summed E-state index contributed by atoms with van der Waals surface area (Å²) in [5.41, 5.74) is -0.168. The highest BCUT2D eigenvalue weighted by Crippen LogP contribution is 2.36. The zero-order valence-corrected chi connectivity index (χ0v) is 15.2. The molecule has 4 nitrogen and oxygen atoms in total. The number of carbonyl (C=O) groups excluding carboxylic acids is 2. The van der Waals surface area contributed by atoms with E-state index in [9.17, 15) is 22.8 Å². The number of carbonyl (C=O) groups is 2. The Kier molecular flexibility index (Phi) is 8.61. The summed E-state index contributed by atoms with van der Waals surface area (Å²) < 4.78 is 49.3. The van der Waals surface area contributed by atoms with Crippen molar-refractivity contribution in [1.29, 1.82) is 0 Å². The predicted octanol–water partition coefficient (Wildman–Crippen LogP) is 4.98. The molecule has 0 aromatic heterocycles. The standard InChI is InChI=1S/C19H25F3O4/c1-4-8-15(13(2)3)25-16(23)11-12-17(24)26-18(19(20,21)22)14-9-6-5-7-10-14/h5-7,9-10,13,15,18H,4,8,11-12H2,1-3H3. The third-order valence-corrected chi connectivity index (χ3v) is 3.78. The Morgan fingerprint density at radius 1 is 1.00 bits per heavy atom. The molecule has 0 spiro atoms. The summed E-state index contributed by atoms with van der Waals surface area (Å²) in [7, 11) is 0. The lowest BCUT2D eigenvalue weighted by Crippen LogP contribution is -2.27. The van der Waals surface area contributed by atoms with Gasteiger partial charge in [0.2, 0.25) is 6.10 Å². The monoisotopic (exact) mass is 374 g/mol. The molecule has 2 atom stereocenters. The number of alkyl halides is 3. The van der Waals surface area contributed by atoms with E-state index in [0.29, 0.717) is 6.42 Å². The van der Waals surface area contributed by atoms with Crippen LogP contribution < -0.4 is 0 Å². The molecule has 0 saturated heterocycles.